The van der Waals surface area contributed by atoms with Crippen molar-refractivity contribution in [3.05, 3.63) is 0 Å². The largest absolute Gasteiger partial charge is 0.480 e. The van der Waals surface area contributed by atoms with E-state index < -0.39 is 60.6 Å². The first-order chi connectivity index (χ1) is 12.9. The summed E-state index contributed by atoms with van der Waals surface area (Å²) in [6.45, 7) is 4.03. The second-order valence-corrected chi connectivity index (χ2v) is 7.15. The summed E-state index contributed by atoms with van der Waals surface area (Å²) in [5, 5.41) is 34.6. The first-order valence-corrected chi connectivity index (χ1v) is 9.37. The van der Waals surface area contributed by atoms with E-state index in [1.54, 1.807) is 13.8 Å². The molecule has 0 aromatic rings. The van der Waals surface area contributed by atoms with Crippen molar-refractivity contribution in [3.8, 4) is 0 Å². The summed E-state index contributed by atoms with van der Waals surface area (Å²) in [6.07, 6.45) is -1.13. The first kappa shape index (κ1) is 26.1. The maximum Gasteiger partial charge on any atom is 0.328 e. The topological polar surface area (TPSA) is 191 Å². The lowest BCUT2D eigenvalue weighted by molar-refractivity contribution is -0.143. The molecule has 8 N–H and O–H groups in total. The van der Waals surface area contributed by atoms with E-state index in [0.29, 0.717) is 0 Å². The number of aliphatic hydroxyl groups excluding tert-OH is 2. The van der Waals surface area contributed by atoms with Gasteiger partial charge < -0.3 is 37.0 Å². The van der Waals surface area contributed by atoms with Crippen LogP contribution in [0.5, 0.6) is 0 Å². The molecule has 0 saturated heterocycles. The van der Waals surface area contributed by atoms with Crippen LogP contribution in [0.3, 0.4) is 0 Å². The Morgan fingerprint density at radius 2 is 1.50 bits per heavy atom. The van der Waals surface area contributed by atoms with Gasteiger partial charge in [-0.3, -0.25) is 14.4 Å². The van der Waals surface area contributed by atoms with Crippen molar-refractivity contribution in [2.75, 3.05) is 12.4 Å². The van der Waals surface area contributed by atoms with Crippen LogP contribution in [0.15, 0.2) is 0 Å². The number of aliphatic hydroxyl groups is 2. The molecule has 5 atom stereocenters. The molecule has 0 aliphatic heterocycles. The molecule has 11 nitrogen and oxygen atoms in total. The number of amides is 3. The van der Waals surface area contributed by atoms with Crippen LogP contribution in [0.2, 0.25) is 0 Å². The second-order valence-electron chi connectivity index (χ2n) is 6.79. The molecule has 12 heteroatoms. The molecule has 0 saturated carbocycles. The molecule has 0 aromatic carbocycles. The number of nitrogens with one attached hydrogen (secondary N) is 3. The number of rotatable bonds is 12. The number of carbonyl (C=O) groups excluding carboxylic acids is 3. The molecule has 162 valence electrons. The number of carboxylic acid groups (broad SMARTS) is 1. The normalized spacial score (nSPS) is 16.4. The summed E-state index contributed by atoms with van der Waals surface area (Å²) < 4.78 is 0. The van der Waals surface area contributed by atoms with E-state index in [1.807, 2.05) is 0 Å². The van der Waals surface area contributed by atoms with E-state index in [-0.39, 0.29) is 18.1 Å². The van der Waals surface area contributed by atoms with Gasteiger partial charge in [-0.2, -0.15) is 12.6 Å². The number of nitrogens with two attached hydrogens (primary N) is 1. The lowest BCUT2D eigenvalue weighted by Gasteiger charge is -2.26. The average molecular weight is 423 g/mol. The number of hydrogen-bond acceptors (Lipinski definition) is 8. The Morgan fingerprint density at radius 1 is 0.964 bits per heavy atom. The van der Waals surface area contributed by atoms with Gasteiger partial charge in [0.15, 0.2) is 0 Å². The van der Waals surface area contributed by atoms with Crippen LogP contribution < -0.4 is 21.7 Å². The molecule has 0 heterocycles. The molecule has 0 fully saturated rings. The molecule has 5 unspecified atom stereocenters. The Labute approximate surface area is 168 Å². The Hall–Kier alpha value is -1.89. The Morgan fingerprint density at radius 3 is 1.89 bits per heavy atom. The fourth-order valence-corrected chi connectivity index (χ4v) is 2.34. The number of hydrogen-bond donors (Lipinski definition) is 8. The van der Waals surface area contributed by atoms with Crippen molar-refractivity contribution in [1.29, 1.82) is 0 Å². The fraction of sp³-hybridized carbons (Fsp3) is 0.750. The molecule has 0 spiro atoms. The SMILES string of the molecule is CC(C)CC(NC(=O)C(NC(=O)C(N)CS)C(C)O)C(=O)NC(CO)C(=O)O. The van der Waals surface area contributed by atoms with Crippen LogP contribution in [0.1, 0.15) is 27.2 Å². The van der Waals surface area contributed by atoms with Crippen LogP contribution in [0, 0.1) is 5.92 Å². The van der Waals surface area contributed by atoms with E-state index >= 15 is 0 Å². The van der Waals surface area contributed by atoms with Crippen LogP contribution in [-0.2, 0) is 19.2 Å². The van der Waals surface area contributed by atoms with Crippen molar-refractivity contribution in [2.45, 2.75) is 57.5 Å². The average Bonchev–Trinajstić information content (AvgIpc) is 2.61. The standard InChI is InChI=1S/C16H30N4O7S/c1-7(2)4-10(14(24)19-11(5-21)16(26)27)18-15(25)12(8(3)22)20-13(23)9(17)6-28/h7-12,21-22,28H,4-6,17H2,1-3H3,(H,18,25)(H,19,24)(H,20,23)(H,26,27). The first-order valence-electron chi connectivity index (χ1n) is 8.73. The lowest BCUT2D eigenvalue weighted by Crippen LogP contribution is -2.60. The van der Waals surface area contributed by atoms with Gasteiger partial charge in [0.1, 0.15) is 18.1 Å². The third-order valence-electron chi connectivity index (χ3n) is 3.73. The van der Waals surface area contributed by atoms with Crippen LogP contribution >= 0.6 is 12.6 Å². The molecule has 0 bridgehead atoms. The van der Waals surface area contributed by atoms with E-state index in [0.717, 1.165) is 0 Å². The van der Waals surface area contributed by atoms with Crippen LogP contribution in [0.25, 0.3) is 0 Å². The van der Waals surface area contributed by atoms with Crippen molar-refractivity contribution >= 4 is 36.3 Å². The van der Waals surface area contributed by atoms with Gasteiger partial charge in [0.05, 0.1) is 18.8 Å². The minimum atomic E-state index is -1.53. The Balaban J connectivity index is 5.31. The van der Waals surface area contributed by atoms with Gasteiger partial charge in [0, 0.05) is 5.75 Å². The number of thiol groups is 1. The summed E-state index contributed by atoms with van der Waals surface area (Å²) in [5.74, 6) is -3.81. The van der Waals surface area contributed by atoms with Gasteiger partial charge >= 0.3 is 5.97 Å². The van der Waals surface area contributed by atoms with Crippen LogP contribution in [-0.4, -0.2) is 81.6 Å². The highest BCUT2D eigenvalue weighted by Gasteiger charge is 2.32. The third-order valence-corrected chi connectivity index (χ3v) is 4.13. The molecule has 0 aromatic heterocycles. The van der Waals surface area contributed by atoms with Crippen LogP contribution in [0.4, 0.5) is 0 Å². The summed E-state index contributed by atoms with van der Waals surface area (Å²) in [4.78, 5) is 47.8. The highest BCUT2D eigenvalue weighted by Crippen LogP contribution is 2.07. The smallest absolute Gasteiger partial charge is 0.328 e. The number of aliphatic carboxylic acids is 1. The van der Waals surface area contributed by atoms with E-state index in [9.17, 15) is 24.3 Å². The fourth-order valence-electron chi connectivity index (χ4n) is 2.17. The van der Waals surface area contributed by atoms with Gasteiger partial charge in [-0.1, -0.05) is 13.8 Å². The van der Waals surface area contributed by atoms with E-state index in [1.165, 1.54) is 6.92 Å². The van der Waals surface area contributed by atoms with E-state index in [2.05, 4.69) is 28.6 Å². The molecule has 0 rings (SSSR count). The highest BCUT2D eigenvalue weighted by atomic mass is 32.1. The number of carboxylic acids is 1. The minimum Gasteiger partial charge on any atom is -0.480 e. The quantitative estimate of drug-likeness (QED) is 0.155. The molecular formula is C16H30N4O7S. The van der Waals surface area contributed by atoms with Gasteiger partial charge in [0.2, 0.25) is 17.7 Å². The Kier molecular flexibility index (Phi) is 11.7. The molecule has 3 amide bonds. The second kappa shape index (κ2) is 12.5. The molecular weight excluding hydrogens is 392 g/mol. The third kappa shape index (κ3) is 8.87. The molecule has 28 heavy (non-hydrogen) atoms. The summed E-state index contributed by atoms with van der Waals surface area (Å²) in [6, 6.07) is -5.04. The van der Waals surface area contributed by atoms with E-state index in [4.69, 9.17) is 15.9 Å². The maximum atomic E-state index is 12.5. The lowest BCUT2D eigenvalue weighted by atomic mass is 10.0. The van der Waals surface area contributed by atoms with Gasteiger partial charge in [-0.25, -0.2) is 4.79 Å². The predicted octanol–water partition coefficient (Wildman–Crippen LogP) is -2.80. The van der Waals surface area contributed by atoms with Crippen molar-refractivity contribution in [2.24, 2.45) is 11.7 Å². The molecule has 0 aliphatic rings. The zero-order valence-corrected chi connectivity index (χ0v) is 17.0. The maximum absolute atomic E-state index is 12.5. The van der Waals surface area contributed by atoms with Crippen molar-refractivity contribution < 1.29 is 34.5 Å². The van der Waals surface area contributed by atoms with Gasteiger partial charge in [-0.05, 0) is 19.3 Å². The van der Waals surface area contributed by atoms with Gasteiger partial charge in [0.25, 0.3) is 0 Å². The Bertz CT molecular complexity index is 559. The minimum absolute atomic E-state index is 0.0239. The van der Waals surface area contributed by atoms with Crippen molar-refractivity contribution in [3.63, 3.8) is 0 Å². The highest BCUT2D eigenvalue weighted by molar-refractivity contribution is 7.80. The number of carbonyl (C=O) groups is 4. The van der Waals surface area contributed by atoms with Crippen molar-refractivity contribution in [1.82, 2.24) is 16.0 Å². The summed E-state index contributed by atoms with van der Waals surface area (Å²) in [7, 11) is 0. The zero-order valence-electron chi connectivity index (χ0n) is 16.1. The summed E-state index contributed by atoms with van der Waals surface area (Å²) >= 11 is 3.89. The molecule has 0 aliphatic carbocycles. The summed E-state index contributed by atoms with van der Waals surface area (Å²) in [5.41, 5.74) is 5.53. The molecule has 0 radical (unpaired) electrons. The van der Waals surface area contributed by atoms with Gasteiger partial charge in [-0.15, -0.1) is 0 Å². The zero-order chi connectivity index (χ0) is 22.0. The monoisotopic (exact) mass is 422 g/mol. The predicted molar refractivity (Wildman–Crippen MR) is 103 cm³/mol.